The van der Waals surface area contributed by atoms with Gasteiger partial charge in [-0.05, 0) is 61.0 Å². The molecule has 0 aliphatic carbocycles. The number of hydrogen-bond donors (Lipinski definition) is 1. The summed E-state index contributed by atoms with van der Waals surface area (Å²) in [5.41, 5.74) is 6.63. The lowest BCUT2D eigenvalue weighted by molar-refractivity contribution is 0.0956. The van der Waals surface area contributed by atoms with Crippen LogP contribution >= 0.6 is 0 Å². The summed E-state index contributed by atoms with van der Waals surface area (Å²) in [6, 6.07) is 24.9. The van der Waals surface area contributed by atoms with Crippen molar-refractivity contribution in [2.75, 3.05) is 13.7 Å². The number of nitrogens with zero attached hydrogens (tertiary/aromatic N) is 2. The van der Waals surface area contributed by atoms with E-state index in [1.807, 2.05) is 86.6 Å². The SMILES string of the molecule is CCOc1ccc(-c2cc(C(=O)NN=CC(C)c3ccc(OC)cc3)c3ccccc3n2)cc1. The van der Waals surface area contributed by atoms with Crippen LogP contribution in [0.25, 0.3) is 22.2 Å². The first-order valence-corrected chi connectivity index (χ1v) is 11.2. The Hall–Kier alpha value is -4.19. The molecule has 4 rings (SSSR count). The number of aromatic nitrogens is 1. The minimum absolute atomic E-state index is 0.0276. The second-order valence-electron chi connectivity index (χ2n) is 7.81. The van der Waals surface area contributed by atoms with Crippen LogP contribution in [-0.2, 0) is 0 Å². The Kier molecular flexibility index (Phi) is 7.18. The number of methoxy groups -OCH3 is 1. The van der Waals surface area contributed by atoms with E-state index in [4.69, 9.17) is 14.5 Å². The number of hydrogen-bond acceptors (Lipinski definition) is 5. The molecule has 3 aromatic carbocycles. The molecule has 4 aromatic rings. The second-order valence-corrected chi connectivity index (χ2v) is 7.81. The first kappa shape index (κ1) is 23.0. The van der Waals surface area contributed by atoms with Gasteiger partial charge < -0.3 is 9.47 Å². The first-order valence-electron chi connectivity index (χ1n) is 11.2. The number of fused-ring (bicyclic) bond motifs is 1. The van der Waals surface area contributed by atoms with E-state index in [9.17, 15) is 4.79 Å². The highest BCUT2D eigenvalue weighted by Gasteiger charge is 2.14. The van der Waals surface area contributed by atoms with Crippen LogP contribution in [-0.4, -0.2) is 30.8 Å². The predicted molar refractivity (Wildman–Crippen MR) is 136 cm³/mol. The molecule has 1 amide bonds. The molecule has 34 heavy (non-hydrogen) atoms. The molecule has 1 heterocycles. The fourth-order valence-electron chi connectivity index (χ4n) is 3.66. The number of amides is 1. The Morgan fingerprint density at radius 2 is 1.74 bits per heavy atom. The third-order valence-corrected chi connectivity index (χ3v) is 5.53. The van der Waals surface area contributed by atoms with Gasteiger partial charge in [0.05, 0.1) is 30.5 Å². The largest absolute Gasteiger partial charge is 0.497 e. The molecule has 6 heteroatoms. The fraction of sp³-hybridized carbons (Fsp3) is 0.179. The lowest BCUT2D eigenvalue weighted by Gasteiger charge is -2.10. The highest BCUT2D eigenvalue weighted by atomic mass is 16.5. The summed E-state index contributed by atoms with van der Waals surface area (Å²) < 4.78 is 10.7. The summed E-state index contributed by atoms with van der Waals surface area (Å²) in [7, 11) is 1.64. The lowest BCUT2D eigenvalue weighted by Crippen LogP contribution is -2.19. The number of carbonyl (C=O) groups is 1. The summed E-state index contributed by atoms with van der Waals surface area (Å²) >= 11 is 0. The molecule has 0 saturated carbocycles. The minimum Gasteiger partial charge on any atom is -0.497 e. The quantitative estimate of drug-likeness (QED) is 0.269. The summed E-state index contributed by atoms with van der Waals surface area (Å²) in [5.74, 6) is 1.34. The van der Waals surface area contributed by atoms with Crippen molar-refractivity contribution in [3.63, 3.8) is 0 Å². The van der Waals surface area contributed by atoms with Gasteiger partial charge in [0.15, 0.2) is 0 Å². The van der Waals surface area contributed by atoms with Crippen molar-refractivity contribution in [3.8, 4) is 22.8 Å². The standard InChI is InChI=1S/C28H27N3O3/c1-4-34-23-15-11-21(12-16-23)27-17-25(24-7-5-6-8-26(24)30-27)28(32)31-29-18-19(2)20-9-13-22(33-3)14-10-20/h5-19H,4H2,1-3H3,(H,31,32). The molecule has 0 radical (unpaired) electrons. The van der Waals surface area contributed by atoms with Crippen molar-refractivity contribution < 1.29 is 14.3 Å². The Bertz CT molecular complexity index is 1300. The molecule has 0 aliphatic heterocycles. The molecular formula is C28H27N3O3. The maximum atomic E-state index is 13.1. The average Bonchev–Trinajstić information content (AvgIpc) is 2.88. The molecule has 172 valence electrons. The Labute approximate surface area is 199 Å². The van der Waals surface area contributed by atoms with Crippen molar-refractivity contribution in [2.24, 2.45) is 5.10 Å². The third-order valence-electron chi connectivity index (χ3n) is 5.53. The van der Waals surface area contributed by atoms with Crippen LogP contribution in [0.3, 0.4) is 0 Å². The van der Waals surface area contributed by atoms with Gasteiger partial charge in [-0.25, -0.2) is 10.4 Å². The van der Waals surface area contributed by atoms with E-state index in [0.29, 0.717) is 17.9 Å². The number of nitrogens with one attached hydrogen (secondary N) is 1. The molecule has 0 aliphatic rings. The normalized spacial score (nSPS) is 12.0. The van der Waals surface area contributed by atoms with Crippen molar-refractivity contribution in [1.82, 2.24) is 10.4 Å². The molecular weight excluding hydrogens is 426 g/mol. The molecule has 0 fully saturated rings. The number of ether oxygens (including phenoxy) is 2. The summed E-state index contributed by atoms with van der Waals surface area (Å²) in [6.45, 7) is 4.57. The van der Waals surface area contributed by atoms with Crippen LogP contribution in [0, 0.1) is 0 Å². The molecule has 1 unspecified atom stereocenters. The van der Waals surface area contributed by atoms with Crippen molar-refractivity contribution in [2.45, 2.75) is 19.8 Å². The summed E-state index contributed by atoms with van der Waals surface area (Å²) in [4.78, 5) is 17.9. The van der Waals surface area contributed by atoms with Gasteiger partial charge in [0, 0.05) is 23.1 Å². The van der Waals surface area contributed by atoms with Crippen molar-refractivity contribution in [3.05, 3.63) is 90.0 Å². The van der Waals surface area contributed by atoms with E-state index in [2.05, 4.69) is 10.5 Å². The van der Waals surface area contributed by atoms with Crippen LogP contribution in [0.4, 0.5) is 0 Å². The molecule has 0 spiro atoms. The zero-order chi connectivity index (χ0) is 23.9. The van der Waals surface area contributed by atoms with Crippen LogP contribution < -0.4 is 14.9 Å². The van der Waals surface area contributed by atoms with Gasteiger partial charge in [0.2, 0.25) is 0 Å². The van der Waals surface area contributed by atoms with E-state index in [-0.39, 0.29) is 11.8 Å². The highest BCUT2D eigenvalue weighted by molar-refractivity contribution is 6.07. The number of para-hydroxylation sites is 1. The smallest absolute Gasteiger partial charge is 0.272 e. The molecule has 1 atom stereocenters. The number of benzene rings is 3. The molecule has 1 N–H and O–H groups in total. The fourth-order valence-corrected chi connectivity index (χ4v) is 3.66. The lowest BCUT2D eigenvalue weighted by atomic mass is 10.0. The second kappa shape index (κ2) is 10.6. The van der Waals surface area contributed by atoms with Crippen molar-refractivity contribution in [1.29, 1.82) is 0 Å². The predicted octanol–water partition coefficient (Wildman–Crippen LogP) is 5.83. The van der Waals surface area contributed by atoms with Gasteiger partial charge in [-0.15, -0.1) is 0 Å². The van der Waals surface area contributed by atoms with E-state index in [0.717, 1.165) is 33.5 Å². The van der Waals surface area contributed by atoms with Gasteiger partial charge in [-0.1, -0.05) is 37.3 Å². The number of rotatable bonds is 8. The van der Waals surface area contributed by atoms with Gasteiger partial charge in [-0.3, -0.25) is 4.79 Å². The van der Waals surface area contributed by atoms with Crippen LogP contribution in [0.5, 0.6) is 11.5 Å². The first-order chi connectivity index (χ1) is 16.6. The van der Waals surface area contributed by atoms with Crippen LogP contribution in [0.15, 0.2) is 84.0 Å². The molecule has 1 aromatic heterocycles. The molecule has 0 bridgehead atoms. The van der Waals surface area contributed by atoms with Gasteiger partial charge in [0.1, 0.15) is 11.5 Å². The van der Waals surface area contributed by atoms with Crippen LogP contribution in [0.1, 0.15) is 35.7 Å². The van der Waals surface area contributed by atoms with E-state index in [1.165, 1.54) is 0 Å². The number of carbonyl (C=O) groups excluding carboxylic acids is 1. The zero-order valence-electron chi connectivity index (χ0n) is 19.5. The Balaban J connectivity index is 1.57. The number of hydrazone groups is 1. The summed E-state index contributed by atoms with van der Waals surface area (Å²) in [5, 5.41) is 4.99. The topological polar surface area (TPSA) is 72.8 Å². The minimum atomic E-state index is -0.288. The van der Waals surface area contributed by atoms with E-state index in [1.54, 1.807) is 19.4 Å². The monoisotopic (exact) mass is 453 g/mol. The molecule has 6 nitrogen and oxygen atoms in total. The summed E-state index contributed by atoms with van der Waals surface area (Å²) in [6.07, 6.45) is 1.72. The Morgan fingerprint density at radius 3 is 2.44 bits per heavy atom. The zero-order valence-corrected chi connectivity index (χ0v) is 19.5. The maximum Gasteiger partial charge on any atom is 0.272 e. The van der Waals surface area contributed by atoms with E-state index < -0.39 is 0 Å². The molecule has 0 saturated heterocycles. The Morgan fingerprint density at radius 1 is 1.03 bits per heavy atom. The van der Waals surface area contributed by atoms with Crippen LogP contribution in [0.2, 0.25) is 0 Å². The van der Waals surface area contributed by atoms with Crippen molar-refractivity contribution >= 4 is 23.0 Å². The highest BCUT2D eigenvalue weighted by Crippen LogP contribution is 2.26. The average molecular weight is 454 g/mol. The van der Waals surface area contributed by atoms with Gasteiger partial charge >= 0.3 is 0 Å². The maximum absolute atomic E-state index is 13.1. The van der Waals surface area contributed by atoms with E-state index >= 15 is 0 Å². The van der Waals surface area contributed by atoms with Gasteiger partial charge in [0.25, 0.3) is 5.91 Å². The number of pyridine rings is 1. The van der Waals surface area contributed by atoms with Gasteiger partial charge in [-0.2, -0.15) is 5.10 Å². The third kappa shape index (κ3) is 5.23.